The summed E-state index contributed by atoms with van der Waals surface area (Å²) >= 11 is 0. The van der Waals surface area contributed by atoms with E-state index in [1.165, 1.54) is 18.2 Å². The number of unbranched alkanes of at least 4 members (excludes halogenated alkanes) is 1. The first kappa shape index (κ1) is 24.4. The SMILES string of the molecule is CCCC=C(C=C(c1ccc(NCc2ccccc2F)cc1F)N(C)CC)C(F)(F)F. The lowest BCUT2D eigenvalue weighted by atomic mass is 10.0. The normalized spacial score (nSPS) is 12.8. The van der Waals surface area contributed by atoms with Crippen molar-refractivity contribution in [1.29, 1.82) is 0 Å². The van der Waals surface area contributed by atoms with Crippen LogP contribution in [0, 0.1) is 11.6 Å². The predicted octanol–water partition coefficient (Wildman–Crippen LogP) is 7.16. The number of hydrogen-bond acceptors (Lipinski definition) is 2. The van der Waals surface area contributed by atoms with Crippen molar-refractivity contribution in [3.63, 3.8) is 0 Å². The van der Waals surface area contributed by atoms with Crippen LogP contribution in [0.5, 0.6) is 0 Å². The zero-order valence-electron chi connectivity index (χ0n) is 17.9. The summed E-state index contributed by atoms with van der Waals surface area (Å²) in [5.41, 5.74) is 0.230. The van der Waals surface area contributed by atoms with Crippen molar-refractivity contribution < 1.29 is 22.0 Å². The molecular formula is C24H27F5N2. The zero-order chi connectivity index (χ0) is 23.0. The highest BCUT2D eigenvalue weighted by molar-refractivity contribution is 5.69. The second kappa shape index (κ2) is 11.0. The number of rotatable bonds is 9. The first-order chi connectivity index (χ1) is 14.7. The van der Waals surface area contributed by atoms with Crippen molar-refractivity contribution >= 4 is 11.4 Å². The van der Waals surface area contributed by atoms with Gasteiger partial charge in [-0.15, -0.1) is 0 Å². The fraction of sp³-hybridized carbons (Fsp3) is 0.333. The quantitative estimate of drug-likeness (QED) is 0.330. The van der Waals surface area contributed by atoms with E-state index in [0.29, 0.717) is 24.2 Å². The Labute approximate surface area is 180 Å². The van der Waals surface area contributed by atoms with Crippen LogP contribution >= 0.6 is 0 Å². The number of anilines is 1. The predicted molar refractivity (Wildman–Crippen MR) is 115 cm³/mol. The highest BCUT2D eigenvalue weighted by atomic mass is 19.4. The molecule has 2 nitrogen and oxygen atoms in total. The molecule has 2 aromatic carbocycles. The molecule has 1 N–H and O–H groups in total. The minimum atomic E-state index is -4.53. The Bertz CT molecular complexity index is 932. The van der Waals surface area contributed by atoms with Crippen molar-refractivity contribution in [2.75, 3.05) is 18.9 Å². The van der Waals surface area contributed by atoms with E-state index in [2.05, 4.69) is 5.32 Å². The van der Waals surface area contributed by atoms with Crippen LogP contribution < -0.4 is 5.32 Å². The topological polar surface area (TPSA) is 15.3 Å². The van der Waals surface area contributed by atoms with Crippen molar-refractivity contribution in [3.05, 3.63) is 83.0 Å². The van der Waals surface area contributed by atoms with Crippen LogP contribution in [0.3, 0.4) is 0 Å². The summed E-state index contributed by atoms with van der Waals surface area (Å²) in [5, 5.41) is 2.94. The molecule has 2 aromatic rings. The summed E-state index contributed by atoms with van der Waals surface area (Å²) in [4.78, 5) is 1.57. The standard InChI is InChI=1S/C24H27F5N2/c1-4-6-10-18(24(27,28)29)14-23(31(3)5-2)20-13-12-19(15-22(20)26)30-16-17-9-7-8-11-21(17)25/h7-15,30H,4-6,16H2,1-3H3. The van der Waals surface area contributed by atoms with Gasteiger partial charge < -0.3 is 10.2 Å². The summed E-state index contributed by atoms with van der Waals surface area (Å²) in [6.45, 7) is 4.12. The van der Waals surface area contributed by atoms with Gasteiger partial charge in [0.25, 0.3) is 0 Å². The lowest BCUT2D eigenvalue weighted by Gasteiger charge is -2.23. The molecule has 0 amide bonds. The van der Waals surface area contributed by atoms with Gasteiger partial charge in [-0.3, -0.25) is 0 Å². The Balaban J connectivity index is 2.36. The number of nitrogens with zero attached hydrogens (tertiary/aromatic N) is 1. The number of hydrogen-bond donors (Lipinski definition) is 1. The maximum atomic E-state index is 14.9. The molecule has 0 unspecified atom stereocenters. The second-order valence-corrected chi connectivity index (χ2v) is 7.13. The first-order valence-corrected chi connectivity index (χ1v) is 10.1. The number of allylic oxidation sites excluding steroid dienone is 3. The first-order valence-electron chi connectivity index (χ1n) is 10.1. The van der Waals surface area contributed by atoms with Gasteiger partial charge in [-0.2, -0.15) is 13.2 Å². The summed E-state index contributed by atoms with van der Waals surface area (Å²) < 4.78 is 69.1. The van der Waals surface area contributed by atoms with E-state index in [0.717, 1.165) is 12.2 Å². The molecule has 0 atom stereocenters. The van der Waals surface area contributed by atoms with E-state index in [9.17, 15) is 22.0 Å². The molecule has 0 radical (unpaired) electrons. The molecular weight excluding hydrogens is 411 g/mol. The van der Waals surface area contributed by atoms with Gasteiger partial charge in [-0.1, -0.05) is 37.6 Å². The van der Waals surface area contributed by atoms with Gasteiger partial charge >= 0.3 is 6.18 Å². The minimum Gasteiger partial charge on any atom is -0.381 e. The van der Waals surface area contributed by atoms with Crippen molar-refractivity contribution in [3.8, 4) is 0 Å². The zero-order valence-corrected chi connectivity index (χ0v) is 17.9. The van der Waals surface area contributed by atoms with Crippen molar-refractivity contribution in [2.45, 2.75) is 39.4 Å². The molecule has 0 aliphatic heterocycles. The molecule has 0 saturated heterocycles. The van der Waals surface area contributed by atoms with Crippen LogP contribution in [-0.2, 0) is 6.54 Å². The molecule has 0 bridgehead atoms. The summed E-state index contributed by atoms with van der Waals surface area (Å²) in [7, 11) is 1.61. The average Bonchev–Trinajstić information content (AvgIpc) is 2.72. The van der Waals surface area contributed by atoms with Crippen LogP contribution in [0.15, 0.2) is 60.2 Å². The van der Waals surface area contributed by atoms with E-state index in [1.807, 2.05) is 0 Å². The average molecular weight is 438 g/mol. The Morgan fingerprint density at radius 3 is 2.32 bits per heavy atom. The maximum Gasteiger partial charge on any atom is 0.416 e. The summed E-state index contributed by atoms with van der Waals surface area (Å²) in [6.07, 6.45) is -1.57. The molecule has 0 aromatic heterocycles. The Morgan fingerprint density at radius 2 is 1.74 bits per heavy atom. The maximum absolute atomic E-state index is 14.9. The van der Waals surface area contributed by atoms with E-state index in [4.69, 9.17) is 0 Å². The monoisotopic (exact) mass is 438 g/mol. The van der Waals surface area contributed by atoms with Gasteiger partial charge in [0.05, 0.1) is 5.57 Å². The van der Waals surface area contributed by atoms with E-state index in [1.54, 1.807) is 50.1 Å². The lowest BCUT2D eigenvalue weighted by molar-refractivity contribution is -0.0884. The largest absolute Gasteiger partial charge is 0.416 e. The van der Waals surface area contributed by atoms with Gasteiger partial charge in [-0.25, -0.2) is 8.78 Å². The highest BCUT2D eigenvalue weighted by Gasteiger charge is 2.32. The van der Waals surface area contributed by atoms with E-state index >= 15 is 0 Å². The third-order valence-corrected chi connectivity index (χ3v) is 4.84. The van der Waals surface area contributed by atoms with Crippen LogP contribution in [0.1, 0.15) is 37.8 Å². The van der Waals surface area contributed by atoms with Crippen LogP contribution in [0.25, 0.3) is 5.70 Å². The third-order valence-electron chi connectivity index (χ3n) is 4.84. The number of alkyl halides is 3. The fourth-order valence-electron chi connectivity index (χ4n) is 2.94. The van der Waals surface area contributed by atoms with Crippen LogP contribution in [0.2, 0.25) is 0 Å². The number of benzene rings is 2. The second-order valence-electron chi connectivity index (χ2n) is 7.13. The van der Waals surface area contributed by atoms with Gasteiger partial charge in [0, 0.05) is 42.6 Å². The molecule has 0 spiro atoms. The van der Waals surface area contributed by atoms with Crippen molar-refractivity contribution in [2.24, 2.45) is 0 Å². The Morgan fingerprint density at radius 1 is 1.03 bits per heavy atom. The third kappa shape index (κ3) is 6.84. The molecule has 2 rings (SSSR count). The van der Waals surface area contributed by atoms with Gasteiger partial charge in [0.2, 0.25) is 0 Å². The van der Waals surface area contributed by atoms with Gasteiger partial charge in [0.1, 0.15) is 11.6 Å². The van der Waals surface area contributed by atoms with Crippen LogP contribution in [0.4, 0.5) is 27.6 Å². The molecule has 0 aliphatic rings. The number of halogens is 5. The minimum absolute atomic E-state index is 0.0624. The van der Waals surface area contributed by atoms with Crippen molar-refractivity contribution in [1.82, 2.24) is 4.90 Å². The molecule has 7 heteroatoms. The van der Waals surface area contributed by atoms with Crippen LogP contribution in [-0.4, -0.2) is 24.7 Å². The lowest BCUT2D eigenvalue weighted by Crippen LogP contribution is -2.19. The summed E-state index contributed by atoms with van der Waals surface area (Å²) in [6, 6.07) is 10.4. The molecule has 31 heavy (non-hydrogen) atoms. The molecule has 168 valence electrons. The fourth-order valence-corrected chi connectivity index (χ4v) is 2.94. The number of nitrogens with one attached hydrogen (secondary N) is 1. The van der Waals surface area contributed by atoms with E-state index in [-0.39, 0.29) is 30.0 Å². The summed E-state index contributed by atoms with van der Waals surface area (Å²) in [5.74, 6) is -1.04. The molecule has 0 fully saturated rings. The molecule has 0 saturated carbocycles. The smallest absolute Gasteiger partial charge is 0.381 e. The molecule has 0 aliphatic carbocycles. The highest BCUT2D eigenvalue weighted by Crippen LogP contribution is 2.32. The Hall–Kier alpha value is -2.83. The van der Waals surface area contributed by atoms with E-state index < -0.39 is 17.6 Å². The molecule has 0 heterocycles. The van der Waals surface area contributed by atoms with Gasteiger partial charge in [-0.05, 0) is 43.7 Å². The Kier molecular flexibility index (Phi) is 8.65. The van der Waals surface area contributed by atoms with Gasteiger partial charge in [0.15, 0.2) is 0 Å².